The Hall–Kier alpha value is -2.67. The molecule has 186 valence electrons. The van der Waals surface area contributed by atoms with Crippen LogP contribution in [0.4, 0.5) is 5.69 Å². The van der Waals surface area contributed by atoms with Crippen LogP contribution in [0.1, 0.15) is 45.4 Å². The van der Waals surface area contributed by atoms with Gasteiger partial charge in [-0.3, -0.25) is 0 Å². The van der Waals surface area contributed by atoms with Crippen LogP contribution in [0.2, 0.25) is 10.0 Å². The van der Waals surface area contributed by atoms with E-state index >= 15 is 0 Å². The summed E-state index contributed by atoms with van der Waals surface area (Å²) in [6, 6.07) is 15.1. The van der Waals surface area contributed by atoms with Crippen molar-refractivity contribution in [3.63, 3.8) is 0 Å². The third kappa shape index (κ3) is 4.58. The predicted octanol–water partition coefficient (Wildman–Crippen LogP) is 7.96. The van der Waals surface area contributed by atoms with Crippen molar-refractivity contribution in [3.8, 4) is 11.5 Å². The first-order valence-corrected chi connectivity index (χ1v) is 13.0. The van der Waals surface area contributed by atoms with Gasteiger partial charge in [-0.15, -0.1) is 0 Å². The summed E-state index contributed by atoms with van der Waals surface area (Å²) in [6.45, 7) is 0.260. The average molecular weight is 589 g/mol. The van der Waals surface area contributed by atoms with E-state index in [4.69, 9.17) is 37.4 Å². The molecule has 0 amide bonds. The second-order valence-electron chi connectivity index (χ2n) is 8.80. The van der Waals surface area contributed by atoms with Crippen molar-refractivity contribution < 1.29 is 19.0 Å². The van der Waals surface area contributed by atoms with Gasteiger partial charge in [0.2, 0.25) is 0 Å². The van der Waals surface area contributed by atoms with E-state index < -0.39 is 0 Å². The third-order valence-electron chi connectivity index (χ3n) is 6.80. The van der Waals surface area contributed by atoms with E-state index in [9.17, 15) is 4.79 Å². The highest BCUT2D eigenvalue weighted by atomic mass is 79.9. The van der Waals surface area contributed by atoms with Gasteiger partial charge >= 0.3 is 5.97 Å². The first-order valence-electron chi connectivity index (χ1n) is 11.5. The number of methoxy groups -OCH3 is 2. The summed E-state index contributed by atoms with van der Waals surface area (Å²) in [7, 11) is 3.02. The molecule has 0 radical (unpaired) electrons. The summed E-state index contributed by atoms with van der Waals surface area (Å²) in [5, 5.41) is 4.76. The molecule has 1 aliphatic heterocycles. The maximum atomic E-state index is 12.5. The van der Waals surface area contributed by atoms with Gasteiger partial charge < -0.3 is 19.5 Å². The molecule has 8 heteroatoms. The number of halogens is 3. The summed E-state index contributed by atoms with van der Waals surface area (Å²) < 4.78 is 17.7. The number of esters is 1. The molecule has 2 aliphatic rings. The van der Waals surface area contributed by atoms with Gasteiger partial charge in [-0.05, 0) is 69.7 Å². The van der Waals surface area contributed by atoms with Crippen LogP contribution in [0.3, 0.4) is 0 Å². The highest BCUT2D eigenvalue weighted by molar-refractivity contribution is 9.10. The summed E-state index contributed by atoms with van der Waals surface area (Å²) >= 11 is 16.0. The van der Waals surface area contributed by atoms with Gasteiger partial charge in [0, 0.05) is 21.5 Å². The largest absolute Gasteiger partial charge is 0.493 e. The molecule has 3 atom stereocenters. The number of benzene rings is 3. The predicted molar refractivity (Wildman–Crippen MR) is 146 cm³/mol. The summed E-state index contributed by atoms with van der Waals surface area (Å²) in [5.41, 5.74) is 4.30. The van der Waals surface area contributed by atoms with Crippen LogP contribution in [-0.4, -0.2) is 20.2 Å². The van der Waals surface area contributed by atoms with Crippen molar-refractivity contribution in [2.24, 2.45) is 5.92 Å². The molecule has 1 N–H and O–H groups in total. The zero-order valence-corrected chi connectivity index (χ0v) is 22.8. The van der Waals surface area contributed by atoms with Crippen LogP contribution in [0.25, 0.3) is 0 Å². The Morgan fingerprint density at radius 2 is 1.97 bits per heavy atom. The lowest BCUT2D eigenvalue weighted by molar-refractivity contribution is 0.0601. The van der Waals surface area contributed by atoms with Crippen LogP contribution < -0.4 is 14.8 Å². The second-order valence-corrected chi connectivity index (χ2v) is 10.5. The zero-order valence-electron chi connectivity index (χ0n) is 19.7. The highest BCUT2D eigenvalue weighted by Crippen LogP contribution is 2.52. The van der Waals surface area contributed by atoms with Crippen LogP contribution in [-0.2, 0) is 11.3 Å². The summed E-state index contributed by atoms with van der Waals surface area (Å²) in [5.74, 6) is 1.31. The molecule has 0 unspecified atom stereocenters. The van der Waals surface area contributed by atoms with E-state index in [1.54, 1.807) is 25.3 Å². The Kier molecular flexibility index (Phi) is 7.20. The molecule has 36 heavy (non-hydrogen) atoms. The summed E-state index contributed by atoms with van der Waals surface area (Å²) in [6.07, 6.45) is 5.37. The number of hydrogen-bond donors (Lipinski definition) is 1. The quantitative estimate of drug-likeness (QED) is 0.234. The van der Waals surface area contributed by atoms with Gasteiger partial charge in [-0.2, -0.15) is 0 Å². The minimum Gasteiger partial charge on any atom is -0.493 e. The molecule has 5 rings (SSSR count). The molecule has 0 fully saturated rings. The number of carbonyl (C=O) groups is 1. The standard InChI is InChI=1S/C28H24BrCl2NO4/c1-34-24-12-16(11-22(29)27(24)36-14-15-9-10-17(30)13-23(15)31)25-19-6-3-5-18(19)20-7-4-8-21(26(20)32-25)28(33)35-2/h3-5,7-13,18-19,25,32H,6,14H2,1-2H3/t18-,19+,25+/m1/s1. The van der Waals surface area contributed by atoms with E-state index in [0.29, 0.717) is 33.0 Å². The molecule has 3 aromatic carbocycles. The molecular weight excluding hydrogens is 565 g/mol. The zero-order chi connectivity index (χ0) is 25.4. The lowest BCUT2D eigenvalue weighted by Crippen LogP contribution is -2.30. The highest BCUT2D eigenvalue weighted by Gasteiger charge is 2.40. The van der Waals surface area contributed by atoms with Gasteiger partial charge in [-0.25, -0.2) is 4.79 Å². The van der Waals surface area contributed by atoms with Crippen molar-refractivity contribution in [2.75, 3.05) is 19.5 Å². The minimum absolute atomic E-state index is 0.0479. The SMILES string of the molecule is COC(=O)c1cccc2c1N[C@@H](c1cc(Br)c(OCc3ccc(Cl)cc3Cl)c(OC)c1)[C@H]1CC=C[C@@H]21. The monoisotopic (exact) mass is 587 g/mol. The fraction of sp³-hybridized carbons (Fsp3) is 0.250. The smallest absolute Gasteiger partial charge is 0.339 e. The first kappa shape index (κ1) is 25.0. The number of allylic oxidation sites excluding steroid dienone is 2. The third-order valence-corrected chi connectivity index (χ3v) is 7.98. The number of anilines is 1. The fourth-order valence-corrected chi connectivity index (χ4v) is 6.12. The first-order chi connectivity index (χ1) is 17.4. The van der Waals surface area contributed by atoms with Gasteiger partial charge in [0.25, 0.3) is 0 Å². The van der Waals surface area contributed by atoms with Crippen LogP contribution >= 0.6 is 39.1 Å². The Morgan fingerprint density at radius 1 is 1.14 bits per heavy atom. The maximum Gasteiger partial charge on any atom is 0.339 e. The molecule has 0 saturated carbocycles. The number of fused-ring (bicyclic) bond motifs is 3. The average Bonchev–Trinajstić information content (AvgIpc) is 3.37. The van der Waals surface area contributed by atoms with Gasteiger partial charge in [0.05, 0.1) is 36.0 Å². The van der Waals surface area contributed by atoms with E-state index in [0.717, 1.165) is 33.3 Å². The molecule has 1 aliphatic carbocycles. The number of nitrogens with one attached hydrogen (secondary N) is 1. The fourth-order valence-electron chi connectivity index (χ4n) is 5.08. The minimum atomic E-state index is -0.359. The van der Waals surface area contributed by atoms with Crippen molar-refractivity contribution in [1.82, 2.24) is 0 Å². The van der Waals surface area contributed by atoms with E-state index in [1.165, 1.54) is 7.11 Å². The topological polar surface area (TPSA) is 56.8 Å². The van der Waals surface area contributed by atoms with Crippen LogP contribution in [0.5, 0.6) is 11.5 Å². The normalized spacial score (nSPS) is 19.8. The molecule has 1 heterocycles. The van der Waals surface area contributed by atoms with Crippen LogP contribution in [0.15, 0.2) is 65.2 Å². The van der Waals surface area contributed by atoms with E-state index in [-0.39, 0.29) is 24.5 Å². The van der Waals surface area contributed by atoms with Crippen molar-refractivity contribution in [1.29, 1.82) is 0 Å². The second kappa shape index (κ2) is 10.4. The molecule has 0 bridgehead atoms. The maximum absolute atomic E-state index is 12.5. The van der Waals surface area contributed by atoms with Gasteiger partial charge in [0.1, 0.15) is 6.61 Å². The Bertz CT molecular complexity index is 1360. The van der Waals surface area contributed by atoms with Gasteiger partial charge in [-0.1, -0.05) is 53.6 Å². The number of para-hydroxylation sites is 1. The number of carbonyl (C=O) groups excluding carboxylic acids is 1. The molecule has 0 aromatic heterocycles. The Morgan fingerprint density at radius 3 is 2.72 bits per heavy atom. The molecule has 3 aromatic rings. The Labute approximate surface area is 228 Å². The lowest BCUT2D eigenvalue weighted by atomic mass is 9.76. The van der Waals surface area contributed by atoms with Crippen molar-refractivity contribution >= 4 is 50.8 Å². The van der Waals surface area contributed by atoms with E-state index in [2.05, 4.69) is 39.5 Å². The Balaban J connectivity index is 1.49. The van der Waals surface area contributed by atoms with Crippen molar-refractivity contribution in [3.05, 3.63) is 97.5 Å². The van der Waals surface area contributed by atoms with E-state index in [1.807, 2.05) is 24.3 Å². The summed E-state index contributed by atoms with van der Waals surface area (Å²) in [4.78, 5) is 12.5. The molecule has 0 saturated heterocycles. The van der Waals surface area contributed by atoms with Crippen LogP contribution in [0, 0.1) is 5.92 Å². The number of hydrogen-bond acceptors (Lipinski definition) is 5. The molecular formula is C28H24BrCl2NO4. The number of ether oxygens (including phenoxy) is 3. The number of rotatable bonds is 6. The lowest BCUT2D eigenvalue weighted by Gasteiger charge is -2.38. The molecule has 0 spiro atoms. The molecule has 5 nitrogen and oxygen atoms in total. The van der Waals surface area contributed by atoms with Gasteiger partial charge in [0.15, 0.2) is 11.5 Å². The van der Waals surface area contributed by atoms with Crippen molar-refractivity contribution in [2.45, 2.75) is 25.0 Å².